The maximum absolute atomic E-state index is 10.6. The molecular weight excluding hydrogens is 352 g/mol. The van der Waals surface area contributed by atoms with E-state index in [1.54, 1.807) is 27.7 Å². The van der Waals surface area contributed by atoms with Crippen LogP contribution in [-0.2, 0) is 37.9 Å². The monoisotopic (exact) mass is 376 g/mol. The van der Waals surface area contributed by atoms with Crippen molar-refractivity contribution in [3.8, 4) is 0 Å². The normalized spacial score (nSPS) is 57.0. The van der Waals surface area contributed by atoms with E-state index in [4.69, 9.17) is 37.9 Å². The van der Waals surface area contributed by atoms with E-state index in [9.17, 15) is 10.2 Å². The summed E-state index contributed by atoms with van der Waals surface area (Å²) in [6.45, 7) is 7.04. The maximum atomic E-state index is 10.6. The lowest BCUT2D eigenvalue weighted by atomic mass is 10.1. The van der Waals surface area contributed by atoms with Crippen LogP contribution in [-0.4, -0.2) is 83.6 Å². The summed E-state index contributed by atoms with van der Waals surface area (Å²) in [6.07, 6.45) is -8.15. The molecule has 0 saturated carbocycles. The standard InChI is InChI=1S/C16H24O10/c1-15(2)23-7-5(17)6(19-13(7)25-15)12-20-8-9(11(18)22-12)21-14-10(8)24-16(3,4)26-14/h5-14,17-18H,1-4H3/t5-,6-,7+,8-,9-,10+,11-,12+,13+,14+/m0/s1. The van der Waals surface area contributed by atoms with Gasteiger partial charge in [0.05, 0.1) is 0 Å². The maximum Gasteiger partial charge on any atom is 0.190 e. The van der Waals surface area contributed by atoms with Crippen LogP contribution in [0, 0.1) is 0 Å². The summed E-state index contributed by atoms with van der Waals surface area (Å²) in [5.41, 5.74) is 0. The van der Waals surface area contributed by atoms with Crippen LogP contribution in [0.3, 0.4) is 0 Å². The van der Waals surface area contributed by atoms with E-state index in [1.165, 1.54) is 0 Å². The SMILES string of the molecule is CC1(C)O[C@H]2O[C@H]([C@@H]3O[C@@H]4[C@H]5OC(C)(C)O[C@H]5O[C@@H]4[C@@H](O)O3)[C@H](O)[C@H]2O1. The Hall–Kier alpha value is -0.400. The van der Waals surface area contributed by atoms with Crippen molar-refractivity contribution < 1.29 is 48.1 Å². The summed E-state index contributed by atoms with van der Waals surface area (Å²) in [5, 5.41) is 20.9. The van der Waals surface area contributed by atoms with Gasteiger partial charge in [0.15, 0.2) is 36.7 Å². The Labute approximate surface area is 150 Å². The lowest BCUT2D eigenvalue weighted by Gasteiger charge is -2.39. The molecule has 0 aromatic heterocycles. The highest BCUT2D eigenvalue weighted by atomic mass is 16.9. The van der Waals surface area contributed by atoms with Crippen molar-refractivity contribution in [2.75, 3.05) is 0 Å². The molecule has 0 aromatic rings. The van der Waals surface area contributed by atoms with Crippen LogP contribution in [0.1, 0.15) is 27.7 Å². The molecular formula is C16H24O10. The Morgan fingerprint density at radius 2 is 1.08 bits per heavy atom. The van der Waals surface area contributed by atoms with E-state index in [0.29, 0.717) is 0 Å². The molecule has 5 fully saturated rings. The van der Waals surface area contributed by atoms with E-state index in [2.05, 4.69) is 0 Å². The van der Waals surface area contributed by atoms with Gasteiger partial charge >= 0.3 is 0 Å². The third kappa shape index (κ3) is 2.64. The van der Waals surface area contributed by atoms with Crippen molar-refractivity contribution in [2.45, 2.75) is 101 Å². The van der Waals surface area contributed by atoms with E-state index in [-0.39, 0.29) is 0 Å². The zero-order valence-electron chi connectivity index (χ0n) is 14.9. The Balaban J connectivity index is 1.31. The van der Waals surface area contributed by atoms with Gasteiger partial charge in [-0.2, -0.15) is 0 Å². The minimum atomic E-state index is -1.27. The van der Waals surface area contributed by atoms with Crippen LogP contribution in [0.15, 0.2) is 0 Å². The first-order valence-electron chi connectivity index (χ1n) is 8.83. The summed E-state index contributed by atoms with van der Waals surface area (Å²) in [6, 6.07) is 0. The molecule has 0 spiro atoms. The fraction of sp³-hybridized carbons (Fsp3) is 1.00. The van der Waals surface area contributed by atoms with E-state index in [0.717, 1.165) is 0 Å². The Bertz CT molecular complexity index is 581. The van der Waals surface area contributed by atoms with Crippen molar-refractivity contribution in [2.24, 2.45) is 0 Å². The summed E-state index contributed by atoms with van der Waals surface area (Å²) < 4.78 is 45.7. The first kappa shape index (κ1) is 17.7. The van der Waals surface area contributed by atoms with Crippen molar-refractivity contribution in [1.82, 2.24) is 0 Å². The molecule has 0 amide bonds. The Kier molecular flexibility index (Phi) is 3.79. The number of hydrogen-bond acceptors (Lipinski definition) is 10. The topological polar surface area (TPSA) is 114 Å². The molecule has 10 nitrogen and oxygen atoms in total. The minimum absolute atomic E-state index is 0.513. The predicted octanol–water partition coefficient (Wildman–Crippen LogP) is -0.840. The molecule has 0 radical (unpaired) electrons. The lowest BCUT2D eigenvalue weighted by Crippen LogP contribution is -2.57. The molecule has 0 unspecified atom stereocenters. The van der Waals surface area contributed by atoms with Gasteiger partial charge in [-0.1, -0.05) is 0 Å². The molecule has 0 aliphatic carbocycles. The molecule has 5 heterocycles. The third-order valence-electron chi connectivity index (χ3n) is 5.19. The number of hydrogen-bond donors (Lipinski definition) is 2. The fourth-order valence-electron chi connectivity index (χ4n) is 4.19. The first-order valence-corrected chi connectivity index (χ1v) is 8.83. The van der Waals surface area contributed by atoms with Crippen LogP contribution in [0.5, 0.6) is 0 Å². The summed E-state index contributed by atoms with van der Waals surface area (Å²) in [4.78, 5) is 0. The number of aliphatic hydroxyl groups is 2. The molecule has 0 aromatic carbocycles. The van der Waals surface area contributed by atoms with Gasteiger partial charge in [0.1, 0.15) is 36.6 Å². The van der Waals surface area contributed by atoms with Crippen LogP contribution < -0.4 is 0 Å². The van der Waals surface area contributed by atoms with Gasteiger partial charge in [0.25, 0.3) is 0 Å². The van der Waals surface area contributed by atoms with Crippen LogP contribution in [0.25, 0.3) is 0 Å². The summed E-state index contributed by atoms with van der Waals surface area (Å²) in [7, 11) is 0. The average Bonchev–Trinajstić information content (AvgIpc) is 3.18. The second-order valence-corrected chi connectivity index (χ2v) is 8.12. The minimum Gasteiger partial charge on any atom is -0.387 e. The van der Waals surface area contributed by atoms with Crippen LogP contribution in [0.4, 0.5) is 0 Å². The van der Waals surface area contributed by atoms with Gasteiger partial charge in [-0.05, 0) is 27.7 Å². The molecule has 2 N–H and O–H groups in total. The second-order valence-electron chi connectivity index (χ2n) is 8.12. The molecule has 5 saturated heterocycles. The molecule has 5 rings (SSSR count). The molecule has 5 aliphatic rings. The number of rotatable bonds is 1. The van der Waals surface area contributed by atoms with Crippen LogP contribution in [0.2, 0.25) is 0 Å². The molecule has 148 valence electrons. The quantitative estimate of drug-likeness (QED) is 0.600. The van der Waals surface area contributed by atoms with E-state index >= 15 is 0 Å². The van der Waals surface area contributed by atoms with Gasteiger partial charge in [-0.3, -0.25) is 0 Å². The molecule has 10 atom stereocenters. The highest BCUT2D eigenvalue weighted by Crippen LogP contribution is 2.45. The summed E-state index contributed by atoms with van der Waals surface area (Å²) >= 11 is 0. The first-order chi connectivity index (χ1) is 12.1. The van der Waals surface area contributed by atoms with Gasteiger partial charge in [-0.15, -0.1) is 0 Å². The van der Waals surface area contributed by atoms with Crippen molar-refractivity contribution in [1.29, 1.82) is 0 Å². The number of fused-ring (bicyclic) bond motifs is 4. The highest BCUT2D eigenvalue weighted by molar-refractivity contribution is 5.00. The van der Waals surface area contributed by atoms with Crippen molar-refractivity contribution >= 4 is 0 Å². The largest absolute Gasteiger partial charge is 0.387 e. The fourth-order valence-corrected chi connectivity index (χ4v) is 4.19. The molecule has 0 bridgehead atoms. The van der Waals surface area contributed by atoms with E-state index < -0.39 is 73.4 Å². The molecule has 26 heavy (non-hydrogen) atoms. The zero-order chi connectivity index (χ0) is 18.4. The van der Waals surface area contributed by atoms with Crippen molar-refractivity contribution in [3.05, 3.63) is 0 Å². The van der Waals surface area contributed by atoms with Gasteiger partial charge < -0.3 is 48.1 Å². The molecule has 10 heteroatoms. The van der Waals surface area contributed by atoms with Gasteiger partial charge in [0, 0.05) is 0 Å². The third-order valence-corrected chi connectivity index (χ3v) is 5.19. The lowest BCUT2D eigenvalue weighted by molar-refractivity contribution is -0.372. The molecule has 5 aliphatic heterocycles. The van der Waals surface area contributed by atoms with Gasteiger partial charge in [-0.25, -0.2) is 0 Å². The summed E-state index contributed by atoms with van der Waals surface area (Å²) in [5.74, 6) is -1.65. The van der Waals surface area contributed by atoms with Crippen molar-refractivity contribution in [3.63, 3.8) is 0 Å². The Morgan fingerprint density at radius 1 is 0.538 bits per heavy atom. The smallest absolute Gasteiger partial charge is 0.190 e. The second kappa shape index (κ2) is 5.57. The number of ether oxygens (including phenoxy) is 8. The average molecular weight is 376 g/mol. The highest BCUT2D eigenvalue weighted by Gasteiger charge is 2.63. The van der Waals surface area contributed by atoms with Crippen LogP contribution >= 0.6 is 0 Å². The zero-order valence-corrected chi connectivity index (χ0v) is 14.9. The van der Waals surface area contributed by atoms with E-state index in [1.807, 2.05) is 0 Å². The Morgan fingerprint density at radius 3 is 1.73 bits per heavy atom. The predicted molar refractivity (Wildman–Crippen MR) is 79.2 cm³/mol. The number of aliphatic hydroxyl groups excluding tert-OH is 2. The van der Waals surface area contributed by atoms with Gasteiger partial charge in [0.2, 0.25) is 0 Å².